The Morgan fingerprint density at radius 2 is 0.952 bits per heavy atom. The zero-order valence-electron chi connectivity index (χ0n) is 51.3. The average Bonchev–Trinajstić information content (AvgIpc) is 3.96. The SMILES string of the molecule is CC(C)[C@H](NC(=O)C(CCC(=O)OC(C)(C)C)NC(=O)[C@H](CC(=O)OC(C)(C)C)NC(=O)Cn1cc(CCCF)nn1)C(=O)NC(CC(=O)OC(C)(C)C)C(=O)N[C@@H](C)C(=O)NCCOCCOCCOCCOCCC(=O)OC(C)(C)C. The van der Waals surface area contributed by atoms with Crippen molar-refractivity contribution in [3.63, 3.8) is 0 Å². The molecule has 6 N–H and O–H groups in total. The van der Waals surface area contributed by atoms with Crippen LogP contribution in [0.4, 0.5) is 4.39 Å². The first-order valence-electron chi connectivity index (χ1n) is 27.9. The Bertz CT molecular complexity index is 2240. The second-order valence-electron chi connectivity index (χ2n) is 23.7. The second kappa shape index (κ2) is 37.0. The van der Waals surface area contributed by atoms with Gasteiger partial charge in [0.15, 0.2) is 0 Å². The summed E-state index contributed by atoms with van der Waals surface area (Å²) in [5.74, 6) is -9.00. The van der Waals surface area contributed by atoms with Gasteiger partial charge in [-0.05, 0) is 115 Å². The predicted octanol–water partition coefficient (Wildman–Crippen LogP) is 1.78. The van der Waals surface area contributed by atoms with Crippen molar-refractivity contribution in [1.82, 2.24) is 46.9 Å². The molecule has 0 spiro atoms. The molecule has 1 rings (SSSR count). The molecule has 0 aliphatic heterocycles. The predicted molar refractivity (Wildman–Crippen MR) is 297 cm³/mol. The van der Waals surface area contributed by atoms with Crippen LogP contribution in [0.15, 0.2) is 6.20 Å². The van der Waals surface area contributed by atoms with E-state index in [1.807, 2.05) is 0 Å². The van der Waals surface area contributed by atoms with Crippen LogP contribution in [0, 0.1) is 5.92 Å². The maximum absolute atomic E-state index is 14.3. The highest BCUT2D eigenvalue weighted by molar-refractivity contribution is 5.98. The van der Waals surface area contributed by atoms with Crippen LogP contribution >= 0.6 is 0 Å². The summed E-state index contributed by atoms with van der Waals surface area (Å²) in [6.45, 7) is 25.3. The number of carbonyl (C=O) groups is 10. The minimum atomic E-state index is -1.66. The number of carbonyl (C=O) groups excluding carboxylic acids is 10. The fourth-order valence-electron chi connectivity index (χ4n) is 7.02. The van der Waals surface area contributed by atoms with Crippen LogP contribution in [0.5, 0.6) is 0 Å². The van der Waals surface area contributed by atoms with E-state index in [2.05, 4.69) is 42.2 Å². The molecule has 5 atom stereocenters. The highest BCUT2D eigenvalue weighted by Gasteiger charge is 2.36. The van der Waals surface area contributed by atoms with Crippen molar-refractivity contribution in [2.75, 3.05) is 66.1 Å². The molecule has 0 saturated heterocycles. The summed E-state index contributed by atoms with van der Waals surface area (Å²) in [6, 6.07) is -7.59. The molecule has 28 heteroatoms. The van der Waals surface area contributed by atoms with Crippen molar-refractivity contribution in [3.8, 4) is 0 Å². The molecule has 1 aromatic rings. The molecule has 0 bridgehead atoms. The van der Waals surface area contributed by atoms with Crippen LogP contribution in [-0.2, 0) is 98.8 Å². The summed E-state index contributed by atoms with van der Waals surface area (Å²) in [4.78, 5) is 134. The molecule has 6 amide bonds. The van der Waals surface area contributed by atoms with E-state index < -0.39 is 151 Å². The van der Waals surface area contributed by atoms with Gasteiger partial charge in [0.2, 0.25) is 35.4 Å². The monoisotopic (exact) mass is 1190 g/mol. The van der Waals surface area contributed by atoms with Crippen molar-refractivity contribution in [2.24, 2.45) is 5.92 Å². The van der Waals surface area contributed by atoms with Crippen molar-refractivity contribution >= 4 is 59.3 Å². The molecule has 0 saturated carbocycles. The number of ether oxygens (including phenoxy) is 8. The number of aryl methyl sites for hydroxylation is 1. The highest BCUT2D eigenvalue weighted by atomic mass is 19.1. The normalized spacial score (nSPS) is 13.7. The van der Waals surface area contributed by atoms with Gasteiger partial charge in [0, 0.05) is 19.2 Å². The largest absolute Gasteiger partial charge is 0.460 e. The maximum atomic E-state index is 14.3. The number of esters is 4. The lowest BCUT2D eigenvalue weighted by Gasteiger charge is -2.29. The summed E-state index contributed by atoms with van der Waals surface area (Å²) in [5.41, 5.74) is -3.07. The Balaban J connectivity index is 3.13. The van der Waals surface area contributed by atoms with Crippen LogP contribution in [0.1, 0.15) is 148 Å². The number of halogens is 1. The number of alkyl halides is 1. The van der Waals surface area contributed by atoms with E-state index in [0.717, 1.165) is 4.68 Å². The zero-order chi connectivity index (χ0) is 63.1. The first-order chi connectivity index (χ1) is 38.5. The third-order valence-corrected chi connectivity index (χ3v) is 10.5. The number of aromatic nitrogens is 3. The van der Waals surface area contributed by atoms with Gasteiger partial charge in [0.1, 0.15) is 59.2 Å². The molecular formula is C55H94FN9O18. The molecule has 83 heavy (non-hydrogen) atoms. The van der Waals surface area contributed by atoms with Crippen molar-refractivity contribution < 1.29 is 90.2 Å². The molecule has 2 unspecified atom stereocenters. The molecule has 0 aliphatic rings. The summed E-state index contributed by atoms with van der Waals surface area (Å²) >= 11 is 0. The van der Waals surface area contributed by atoms with Gasteiger partial charge in [-0.1, -0.05) is 19.1 Å². The van der Waals surface area contributed by atoms with E-state index in [-0.39, 0.29) is 58.2 Å². The fraction of sp³-hybridized carbons (Fsp3) is 0.782. The Kier molecular flexibility index (Phi) is 33.3. The second-order valence-corrected chi connectivity index (χ2v) is 23.7. The van der Waals surface area contributed by atoms with Gasteiger partial charge in [-0.25, -0.2) is 4.68 Å². The minimum absolute atomic E-state index is 0.0528. The van der Waals surface area contributed by atoms with E-state index in [1.165, 1.54) is 13.1 Å². The van der Waals surface area contributed by atoms with E-state index in [0.29, 0.717) is 32.1 Å². The summed E-state index contributed by atoms with van der Waals surface area (Å²) in [5, 5.41) is 22.9. The van der Waals surface area contributed by atoms with E-state index in [4.69, 9.17) is 37.9 Å². The summed E-state index contributed by atoms with van der Waals surface area (Å²) in [6.07, 6.45) is -0.258. The lowest BCUT2D eigenvalue weighted by Crippen LogP contribution is -2.60. The number of amides is 6. The first-order valence-corrected chi connectivity index (χ1v) is 27.9. The Morgan fingerprint density at radius 1 is 0.518 bits per heavy atom. The maximum Gasteiger partial charge on any atom is 0.308 e. The fourth-order valence-corrected chi connectivity index (χ4v) is 7.02. The van der Waals surface area contributed by atoms with Crippen LogP contribution in [0.2, 0.25) is 0 Å². The zero-order valence-corrected chi connectivity index (χ0v) is 51.3. The van der Waals surface area contributed by atoms with Gasteiger partial charge in [-0.2, -0.15) is 0 Å². The van der Waals surface area contributed by atoms with Crippen LogP contribution in [-0.4, -0.2) is 193 Å². The van der Waals surface area contributed by atoms with E-state index in [9.17, 15) is 52.3 Å². The third-order valence-electron chi connectivity index (χ3n) is 10.5. The van der Waals surface area contributed by atoms with Gasteiger partial charge < -0.3 is 69.8 Å². The van der Waals surface area contributed by atoms with Crippen molar-refractivity contribution in [2.45, 2.75) is 208 Å². The molecular weight excluding hydrogens is 1090 g/mol. The number of rotatable bonds is 38. The van der Waals surface area contributed by atoms with Gasteiger partial charge >= 0.3 is 23.9 Å². The van der Waals surface area contributed by atoms with E-state index >= 15 is 0 Å². The molecule has 27 nitrogen and oxygen atoms in total. The molecule has 0 radical (unpaired) electrons. The van der Waals surface area contributed by atoms with E-state index in [1.54, 1.807) is 96.9 Å². The summed E-state index contributed by atoms with van der Waals surface area (Å²) in [7, 11) is 0. The van der Waals surface area contributed by atoms with Gasteiger partial charge in [-0.3, -0.25) is 52.3 Å². The summed E-state index contributed by atoms with van der Waals surface area (Å²) < 4.78 is 57.2. The van der Waals surface area contributed by atoms with Gasteiger partial charge in [-0.15, -0.1) is 5.10 Å². The lowest BCUT2D eigenvalue weighted by molar-refractivity contribution is -0.157. The molecule has 1 heterocycles. The smallest absolute Gasteiger partial charge is 0.308 e. The number of nitrogens with zero attached hydrogens (tertiary/aromatic N) is 3. The molecule has 1 aromatic heterocycles. The lowest BCUT2D eigenvalue weighted by atomic mass is 10.0. The van der Waals surface area contributed by atoms with Crippen LogP contribution < -0.4 is 31.9 Å². The van der Waals surface area contributed by atoms with Crippen LogP contribution in [0.3, 0.4) is 0 Å². The quantitative estimate of drug-likeness (QED) is 0.0312. The highest BCUT2D eigenvalue weighted by Crippen LogP contribution is 2.15. The number of nitrogens with one attached hydrogen (secondary N) is 6. The Labute approximate surface area is 487 Å². The molecule has 474 valence electrons. The minimum Gasteiger partial charge on any atom is -0.460 e. The number of hydrogen-bond donors (Lipinski definition) is 6. The van der Waals surface area contributed by atoms with Gasteiger partial charge in [0.05, 0.1) is 84.5 Å². The van der Waals surface area contributed by atoms with Gasteiger partial charge in [0.25, 0.3) is 0 Å². The topological polar surface area (TPSA) is 347 Å². The van der Waals surface area contributed by atoms with Crippen molar-refractivity contribution in [3.05, 3.63) is 11.9 Å². The molecule has 0 aromatic carbocycles. The number of hydrogen-bond acceptors (Lipinski definition) is 20. The third kappa shape index (κ3) is 36.7. The molecule has 0 fully saturated rings. The average molecular weight is 1190 g/mol. The Morgan fingerprint density at radius 3 is 1.45 bits per heavy atom. The first kappa shape index (κ1) is 74.6. The Hall–Kier alpha value is -6.39. The van der Waals surface area contributed by atoms with Crippen molar-refractivity contribution in [1.29, 1.82) is 0 Å². The molecule has 0 aliphatic carbocycles. The van der Waals surface area contributed by atoms with Crippen LogP contribution in [0.25, 0.3) is 0 Å². The standard InChI is InChI=1S/C55H94FN9O18/c1-35(2)46(62-48(72)38(18-19-42(67)80-52(4,5)6)60-50(74)39(31-44(69)82-54(10,11)12)59-41(66)34-65-33-37(63-64-65)17-16-21-56)51(75)61-40(32-45(70)83-55(13,14)15)49(73)58-36(3)47(71)57-22-24-77-26-28-79-30-29-78-27-25-76-23-20-43(68)81-53(7,8)9/h33,35-36,38-40,46H,16-32,34H2,1-15H3,(H,57,71)(H,58,73)(H,59,66)(H,60,74)(H,61,75)(H,62,72)/t36-,38?,39-,40?,46-/m0/s1.